The zero-order chi connectivity index (χ0) is 22.6. The quantitative estimate of drug-likeness (QED) is 0.119. The minimum Gasteiger partial charge on any atom is -0.394 e. The lowest BCUT2D eigenvalue weighted by Gasteiger charge is -2.33. The highest BCUT2D eigenvalue weighted by atomic mass is 28.4. The molecule has 30 heavy (non-hydrogen) atoms. The maximum atomic E-state index is 6.42. The topological polar surface area (TPSA) is 46.2 Å². The van der Waals surface area contributed by atoms with Crippen molar-refractivity contribution in [1.29, 1.82) is 0 Å². The van der Waals surface area contributed by atoms with E-state index < -0.39 is 17.4 Å². The first kappa shape index (κ1) is 30.2. The predicted molar refractivity (Wildman–Crippen MR) is 131 cm³/mol. The first-order valence-electron chi connectivity index (χ1n) is 12.7. The van der Waals surface area contributed by atoms with Gasteiger partial charge in [-0.05, 0) is 44.7 Å². The Bertz CT molecular complexity index is 335. The summed E-state index contributed by atoms with van der Waals surface area (Å²) in [6.07, 6.45) is 10.9. The van der Waals surface area contributed by atoms with Crippen LogP contribution in [0, 0.1) is 0 Å². The predicted octanol–water partition coefficient (Wildman–Crippen LogP) is 7.08. The molecule has 0 spiro atoms. The van der Waals surface area contributed by atoms with E-state index in [1.807, 2.05) is 0 Å². The fourth-order valence-corrected chi connectivity index (χ4v) is 9.50. The Morgan fingerprint density at radius 2 is 0.733 bits per heavy atom. The Labute approximate surface area is 190 Å². The summed E-state index contributed by atoms with van der Waals surface area (Å²) in [6.45, 7) is 16.9. The first-order valence-corrected chi connectivity index (χ1v) is 17.2. The van der Waals surface area contributed by atoms with Gasteiger partial charge in [-0.25, -0.2) is 0 Å². The van der Waals surface area contributed by atoms with Gasteiger partial charge >= 0.3 is 17.4 Å². The van der Waals surface area contributed by atoms with Crippen LogP contribution >= 0.6 is 0 Å². The van der Waals surface area contributed by atoms with Crippen molar-refractivity contribution >= 4 is 17.4 Å². The van der Waals surface area contributed by atoms with E-state index in [1.165, 1.54) is 0 Å². The van der Waals surface area contributed by atoms with E-state index in [-0.39, 0.29) is 0 Å². The van der Waals surface area contributed by atoms with Gasteiger partial charge in [0.2, 0.25) is 0 Å². The molecule has 0 saturated heterocycles. The van der Waals surface area contributed by atoms with E-state index in [4.69, 9.17) is 22.1 Å². The summed E-state index contributed by atoms with van der Waals surface area (Å²) in [7, 11) is -5.02. The van der Waals surface area contributed by atoms with Crippen molar-refractivity contribution < 1.29 is 22.1 Å². The minimum atomic E-state index is -2.74. The molecular weight excluding hydrogens is 412 g/mol. The molecule has 0 heterocycles. The molecule has 0 aromatic rings. The third-order valence-corrected chi connectivity index (χ3v) is 11.2. The molecule has 0 amide bonds. The van der Waals surface area contributed by atoms with Crippen molar-refractivity contribution in [2.24, 2.45) is 0 Å². The average molecular weight is 465 g/mol. The van der Waals surface area contributed by atoms with Gasteiger partial charge in [-0.2, -0.15) is 0 Å². The van der Waals surface area contributed by atoms with Crippen LogP contribution in [0.15, 0.2) is 0 Å². The number of rotatable bonds is 23. The molecule has 0 bridgehead atoms. The smallest absolute Gasteiger partial charge is 0.394 e. The van der Waals surface area contributed by atoms with Crippen LogP contribution < -0.4 is 0 Å². The Balaban J connectivity index is 5.24. The van der Waals surface area contributed by atoms with Gasteiger partial charge in [-0.1, -0.05) is 66.7 Å². The zero-order valence-corrected chi connectivity index (χ0v) is 23.1. The Kier molecular flexibility index (Phi) is 20.0. The second-order valence-electron chi connectivity index (χ2n) is 8.33. The standard InChI is InChI=1S/C23H52O5Si2/c1-7-12-17-24-29(6,25-18-13-8-2)22-23-30(26-19-14-9-3,27-20-15-10-4)28-21-16-11-5/h7-23H2,1-6H3. The van der Waals surface area contributed by atoms with Crippen molar-refractivity contribution in [3.8, 4) is 0 Å². The maximum Gasteiger partial charge on any atom is 0.500 e. The van der Waals surface area contributed by atoms with E-state index in [2.05, 4.69) is 41.2 Å². The molecule has 0 aromatic heterocycles. The van der Waals surface area contributed by atoms with Gasteiger partial charge in [-0.15, -0.1) is 0 Å². The van der Waals surface area contributed by atoms with E-state index in [1.54, 1.807) is 0 Å². The molecule has 0 atom stereocenters. The molecule has 182 valence electrons. The molecule has 0 radical (unpaired) electrons. The van der Waals surface area contributed by atoms with Gasteiger partial charge in [0.15, 0.2) is 0 Å². The second kappa shape index (κ2) is 19.9. The van der Waals surface area contributed by atoms with E-state index in [0.29, 0.717) is 19.8 Å². The summed E-state index contributed by atoms with van der Waals surface area (Å²) in [5.74, 6) is 0. The summed E-state index contributed by atoms with van der Waals surface area (Å²) < 4.78 is 32.0. The summed E-state index contributed by atoms with van der Waals surface area (Å²) in [5.41, 5.74) is 0. The maximum absolute atomic E-state index is 6.42. The minimum absolute atomic E-state index is 0.715. The van der Waals surface area contributed by atoms with Crippen molar-refractivity contribution in [2.45, 2.75) is 117 Å². The first-order chi connectivity index (χ1) is 14.5. The molecule has 0 unspecified atom stereocenters. The van der Waals surface area contributed by atoms with Crippen LogP contribution in [0.2, 0.25) is 18.6 Å². The normalized spacial score (nSPS) is 12.6. The molecule has 0 aliphatic rings. The van der Waals surface area contributed by atoms with Gasteiger partial charge in [0.05, 0.1) is 0 Å². The summed E-state index contributed by atoms with van der Waals surface area (Å²) in [4.78, 5) is 0. The Hall–Kier alpha value is 0.234. The number of hydrogen-bond acceptors (Lipinski definition) is 5. The lowest BCUT2D eigenvalue weighted by atomic mass is 10.4. The van der Waals surface area contributed by atoms with Crippen LogP contribution in [-0.4, -0.2) is 50.4 Å². The lowest BCUT2D eigenvalue weighted by Crippen LogP contribution is -2.49. The molecule has 0 aliphatic heterocycles. The average Bonchev–Trinajstić information content (AvgIpc) is 2.73. The molecule has 5 nitrogen and oxygen atoms in total. The fourth-order valence-electron chi connectivity index (χ4n) is 2.89. The van der Waals surface area contributed by atoms with Crippen molar-refractivity contribution in [2.75, 3.05) is 33.0 Å². The fraction of sp³-hybridized carbons (Fsp3) is 1.00. The lowest BCUT2D eigenvalue weighted by molar-refractivity contribution is 0.0562. The Morgan fingerprint density at radius 3 is 1.03 bits per heavy atom. The van der Waals surface area contributed by atoms with Crippen LogP contribution in [0.5, 0.6) is 0 Å². The molecule has 7 heteroatoms. The van der Waals surface area contributed by atoms with E-state index >= 15 is 0 Å². The molecule has 0 N–H and O–H groups in total. The third kappa shape index (κ3) is 15.1. The third-order valence-electron chi connectivity index (χ3n) is 5.16. The summed E-state index contributed by atoms with van der Waals surface area (Å²) >= 11 is 0. The second-order valence-corrected chi connectivity index (χ2v) is 14.4. The van der Waals surface area contributed by atoms with Crippen LogP contribution in [0.3, 0.4) is 0 Å². The van der Waals surface area contributed by atoms with Gasteiger partial charge in [0.25, 0.3) is 0 Å². The van der Waals surface area contributed by atoms with Crippen LogP contribution in [-0.2, 0) is 22.1 Å². The van der Waals surface area contributed by atoms with Gasteiger partial charge in [0, 0.05) is 39.1 Å². The number of hydrogen-bond donors (Lipinski definition) is 0. The van der Waals surface area contributed by atoms with Crippen molar-refractivity contribution in [3.63, 3.8) is 0 Å². The molecule has 0 saturated carbocycles. The molecule has 0 fully saturated rings. The van der Waals surface area contributed by atoms with Crippen LogP contribution in [0.25, 0.3) is 0 Å². The molecule has 0 aromatic carbocycles. The highest BCUT2D eigenvalue weighted by Gasteiger charge is 2.45. The largest absolute Gasteiger partial charge is 0.500 e. The van der Waals surface area contributed by atoms with Gasteiger partial charge in [-0.3, -0.25) is 0 Å². The number of unbranched alkanes of at least 4 members (excludes halogenated alkanes) is 5. The molecule has 0 aliphatic carbocycles. The highest BCUT2D eigenvalue weighted by molar-refractivity contribution is 6.69. The Morgan fingerprint density at radius 1 is 0.433 bits per heavy atom. The van der Waals surface area contributed by atoms with Gasteiger partial charge in [0.1, 0.15) is 0 Å². The van der Waals surface area contributed by atoms with Gasteiger partial charge < -0.3 is 22.1 Å². The van der Waals surface area contributed by atoms with Crippen LogP contribution in [0.1, 0.15) is 98.8 Å². The molecule has 0 rings (SSSR count). The van der Waals surface area contributed by atoms with Crippen molar-refractivity contribution in [3.05, 3.63) is 0 Å². The highest BCUT2D eigenvalue weighted by Crippen LogP contribution is 2.27. The summed E-state index contributed by atoms with van der Waals surface area (Å²) in [5, 5.41) is 0. The van der Waals surface area contributed by atoms with E-state index in [9.17, 15) is 0 Å². The van der Waals surface area contributed by atoms with Crippen molar-refractivity contribution in [1.82, 2.24) is 0 Å². The molecular formula is C23H52O5Si2. The van der Waals surface area contributed by atoms with Crippen LogP contribution in [0.4, 0.5) is 0 Å². The zero-order valence-electron chi connectivity index (χ0n) is 21.1. The summed E-state index contributed by atoms with van der Waals surface area (Å²) in [6, 6.07) is 1.67. The monoisotopic (exact) mass is 464 g/mol. The van der Waals surface area contributed by atoms with E-state index in [0.717, 1.165) is 89.5 Å². The SMILES string of the molecule is CCCCO[Si](C)(CC[Si](OCCCC)(OCCCC)OCCCC)OCCCC.